The Hall–Kier alpha value is -2.44. The summed E-state index contributed by atoms with van der Waals surface area (Å²) < 4.78 is 1.69. The van der Waals surface area contributed by atoms with E-state index in [-0.39, 0.29) is 11.9 Å². The van der Waals surface area contributed by atoms with Gasteiger partial charge in [0.1, 0.15) is 18.2 Å². The first-order valence-corrected chi connectivity index (χ1v) is 6.49. The van der Waals surface area contributed by atoms with Crippen molar-refractivity contribution in [1.29, 1.82) is 0 Å². The average Bonchev–Trinajstić information content (AvgIpc) is 2.97. The van der Waals surface area contributed by atoms with Gasteiger partial charge in [0.25, 0.3) is 0 Å². The fourth-order valence-electron chi connectivity index (χ4n) is 2.33. The van der Waals surface area contributed by atoms with E-state index in [1.165, 1.54) is 6.33 Å². The standard InChI is InChI=1S/C13H16N6O/c1-9-5-12(15-8-14-9)17-11-3-4-19(13(11)20)10-6-16-18(2)7-10/h5-8,11H,3-4H2,1-2H3,(H,14,15,17). The minimum Gasteiger partial charge on any atom is -0.358 e. The lowest BCUT2D eigenvalue weighted by molar-refractivity contribution is -0.117. The van der Waals surface area contributed by atoms with Crippen LogP contribution in [0.15, 0.2) is 24.8 Å². The summed E-state index contributed by atoms with van der Waals surface area (Å²) in [5.41, 5.74) is 1.71. The van der Waals surface area contributed by atoms with Crippen LogP contribution in [0.3, 0.4) is 0 Å². The summed E-state index contributed by atoms with van der Waals surface area (Å²) in [6.07, 6.45) is 5.79. The molecular formula is C13H16N6O. The average molecular weight is 272 g/mol. The number of rotatable bonds is 3. The number of aryl methyl sites for hydroxylation is 2. The third kappa shape index (κ3) is 2.34. The van der Waals surface area contributed by atoms with Gasteiger partial charge < -0.3 is 10.2 Å². The van der Waals surface area contributed by atoms with E-state index in [9.17, 15) is 4.79 Å². The van der Waals surface area contributed by atoms with Gasteiger partial charge in [0.2, 0.25) is 5.91 Å². The third-order valence-corrected chi connectivity index (χ3v) is 3.33. The number of hydrogen-bond acceptors (Lipinski definition) is 5. The van der Waals surface area contributed by atoms with Crippen molar-refractivity contribution < 1.29 is 4.79 Å². The van der Waals surface area contributed by atoms with E-state index in [1.807, 2.05) is 26.2 Å². The highest BCUT2D eigenvalue weighted by Crippen LogP contribution is 2.22. The second-order valence-corrected chi connectivity index (χ2v) is 4.89. The van der Waals surface area contributed by atoms with Crippen LogP contribution in [0.25, 0.3) is 0 Å². The first kappa shape index (κ1) is 12.6. The zero-order valence-electron chi connectivity index (χ0n) is 11.4. The number of carbonyl (C=O) groups is 1. The van der Waals surface area contributed by atoms with E-state index in [0.717, 1.165) is 17.8 Å². The summed E-state index contributed by atoms with van der Waals surface area (Å²) in [6, 6.07) is 1.59. The molecule has 1 unspecified atom stereocenters. The van der Waals surface area contributed by atoms with Crippen molar-refractivity contribution in [3.63, 3.8) is 0 Å². The van der Waals surface area contributed by atoms with E-state index in [2.05, 4.69) is 20.4 Å². The van der Waals surface area contributed by atoms with Gasteiger partial charge in [-0.15, -0.1) is 0 Å². The van der Waals surface area contributed by atoms with Gasteiger partial charge >= 0.3 is 0 Å². The molecule has 1 atom stereocenters. The minimum atomic E-state index is -0.246. The van der Waals surface area contributed by atoms with Crippen LogP contribution in [-0.4, -0.2) is 38.2 Å². The molecule has 3 heterocycles. The van der Waals surface area contributed by atoms with Gasteiger partial charge in [-0.25, -0.2) is 9.97 Å². The van der Waals surface area contributed by atoms with Gasteiger partial charge in [-0.3, -0.25) is 9.48 Å². The third-order valence-electron chi connectivity index (χ3n) is 3.33. The highest BCUT2D eigenvalue weighted by molar-refractivity contribution is 6.00. The Kier molecular flexibility index (Phi) is 3.09. The van der Waals surface area contributed by atoms with Crippen LogP contribution in [0, 0.1) is 6.92 Å². The summed E-state index contributed by atoms with van der Waals surface area (Å²) >= 11 is 0. The first-order valence-electron chi connectivity index (χ1n) is 6.49. The molecule has 1 fully saturated rings. The molecule has 0 saturated carbocycles. The van der Waals surface area contributed by atoms with Gasteiger partial charge in [0, 0.05) is 31.5 Å². The Morgan fingerprint density at radius 3 is 2.95 bits per heavy atom. The van der Waals surface area contributed by atoms with Crippen LogP contribution in [0.4, 0.5) is 11.5 Å². The topological polar surface area (TPSA) is 75.9 Å². The number of aromatic nitrogens is 4. The van der Waals surface area contributed by atoms with Gasteiger partial charge in [-0.05, 0) is 13.3 Å². The van der Waals surface area contributed by atoms with Crippen LogP contribution in [-0.2, 0) is 11.8 Å². The van der Waals surface area contributed by atoms with Crippen LogP contribution in [0.5, 0.6) is 0 Å². The van der Waals surface area contributed by atoms with Crippen LogP contribution >= 0.6 is 0 Å². The second kappa shape index (κ2) is 4.92. The predicted molar refractivity (Wildman–Crippen MR) is 74.4 cm³/mol. The van der Waals surface area contributed by atoms with Gasteiger partial charge in [-0.1, -0.05) is 0 Å². The van der Waals surface area contributed by atoms with E-state index < -0.39 is 0 Å². The summed E-state index contributed by atoms with van der Waals surface area (Å²) in [6.45, 7) is 2.58. The number of nitrogens with zero attached hydrogens (tertiary/aromatic N) is 5. The van der Waals surface area contributed by atoms with Crippen molar-refractivity contribution in [1.82, 2.24) is 19.7 Å². The maximum Gasteiger partial charge on any atom is 0.249 e. The molecule has 1 aliphatic heterocycles. The maximum absolute atomic E-state index is 12.4. The normalized spacial score (nSPS) is 18.6. The molecule has 0 bridgehead atoms. The predicted octanol–water partition coefficient (Wildman–Crippen LogP) is 0.736. The first-order chi connectivity index (χ1) is 9.63. The largest absolute Gasteiger partial charge is 0.358 e. The molecule has 0 radical (unpaired) electrons. The zero-order chi connectivity index (χ0) is 14.1. The summed E-state index contributed by atoms with van der Waals surface area (Å²) in [4.78, 5) is 22.3. The van der Waals surface area contributed by atoms with Crippen molar-refractivity contribution in [3.8, 4) is 0 Å². The quantitative estimate of drug-likeness (QED) is 0.891. The monoisotopic (exact) mass is 272 g/mol. The Labute approximate surface area is 116 Å². The van der Waals surface area contributed by atoms with Crippen molar-refractivity contribution in [2.45, 2.75) is 19.4 Å². The molecule has 7 nitrogen and oxygen atoms in total. The molecule has 1 aliphatic rings. The molecular weight excluding hydrogens is 256 g/mol. The second-order valence-electron chi connectivity index (χ2n) is 4.89. The Morgan fingerprint density at radius 2 is 2.25 bits per heavy atom. The molecule has 0 aromatic carbocycles. The lowest BCUT2D eigenvalue weighted by Gasteiger charge is -2.15. The maximum atomic E-state index is 12.4. The van der Waals surface area contributed by atoms with E-state index in [1.54, 1.807) is 15.8 Å². The molecule has 1 N–H and O–H groups in total. The van der Waals surface area contributed by atoms with Gasteiger partial charge in [0.05, 0.1) is 11.9 Å². The summed E-state index contributed by atoms with van der Waals surface area (Å²) in [5, 5.41) is 7.27. The van der Waals surface area contributed by atoms with Gasteiger partial charge in [-0.2, -0.15) is 5.10 Å². The molecule has 0 aliphatic carbocycles. The number of hydrogen-bond donors (Lipinski definition) is 1. The van der Waals surface area contributed by atoms with E-state index in [4.69, 9.17) is 0 Å². The number of amides is 1. The molecule has 1 amide bonds. The molecule has 20 heavy (non-hydrogen) atoms. The molecule has 104 valence electrons. The zero-order valence-corrected chi connectivity index (χ0v) is 11.4. The summed E-state index contributed by atoms with van der Waals surface area (Å²) in [5.74, 6) is 0.734. The lowest BCUT2D eigenvalue weighted by Crippen LogP contribution is -2.33. The Bertz CT molecular complexity index is 637. The molecule has 2 aromatic rings. The highest BCUT2D eigenvalue weighted by Gasteiger charge is 2.33. The van der Waals surface area contributed by atoms with Gasteiger partial charge in [0.15, 0.2) is 0 Å². The fraction of sp³-hybridized carbons (Fsp3) is 0.385. The Morgan fingerprint density at radius 1 is 1.40 bits per heavy atom. The molecule has 3 rings (SSSR count). The van der Waals surface area contributed by atoms with Crippen molar-refractivity contribution in [2.24, 2.45) is 7.05 Å². The van der Waals surface area contributed by atoms with E-state index >= 15 is 0 Å². The van der Waals surface area contributed by atoms with E-state index in [0.29, 0.717) is 12.4 Å². The van der Waals surface area contributed by atoms with Crippen LogP contribution in [0.2, 0.25) is 0 Å². The molecule has 2 aromatic heterocycles. The van der Waals surface area contributed by atoms with Crippen LogP contribution in [0.1, 0.15) is 12.1 Å². The highest BCUT2D eigenvalue weighted by atomic mass is 16.2. The number of carbonyl (C=O) groups excluding carboxylic acids is 1. The SMILES string of the molecule is Cc1cc(NC2CCN(c3cnn(C)c3)C2=O)ncn1. The smallest absolute Gasteiger partial charge is 0.249 e. The van der Waals surface area contributed by atoms with Crippen molar-refractivity contribution >= 4 is 17.4 Å². The van der Waals surface area contributed by atoms with Crippen molar-refractivity contribution in [2.75, 3.05) is 16.8 Å². The number of anilines is 2. The number of nitrogens with one attached hydrogen (secondary N) is 1. The fourth-order valence-corrected chi connectivity index (χ4v) is 2.33. The minimum absolute atomic E-state index is 0.0502. The molecule has 1 saturated heterocycles. The van der Waals surface area contributed by atoms with Crippen molar-refractivity contribution in [3.05, 3.63) is 30.5 Å². The summed E-state index contributed by atoms with van der Waals surface area (Å²) in [7, 11) is 1.84. The lowest BCUT2D eigenvalue weighted by atomic mass is 10.2. The van der Waals surface area contributed by atoms with Crippen LogP contribution < -0.4 is 10.2 Å². The Balaban J connectivity index is 1.73. The molecule has 0 spiro atoms. The molecule has 7 heteroatoms.